The second-order valence-corrected chi connectivity index (χ2v) is 4.96. The number of hydrogen-bond acceptors (Lipinski definition) is 2. The van der Waals surface area contributed by atoms with E-state index in [1.165, 1.54) is 37.8 Å². The predicted molar refractivity (Wildman–Crippen MR) is 67.7 cm³/mol. The molecule has 1 aliphatic heterocycles. The molecular weight excluding hydrogens is 196 g/mol. The van der Waals surface area contributed by atoms with E-state index in [4.69, 9.17) is 0 Å². The maximum absolute atomic E-state index is 4.43. The SMILES string of the molecule is Cc1cc(C[C@@H]2CCCCCN2)cc(C)n1. The summed E-state index contributed by atoms with van der Waals surface area (Å²) in [6.07, 6.45) is 6.58. The van der Waals surface area contributed by atoms with Crippen LogP contribution < -0.4 is 5.32 Å². The first kappa shape index (κ1) is 11.6. The molecule has 2 nitrogen and oxygen atoms in total. The fourth-order valence-electron chi connectivity index (χ4n) is 2.60. The number of aromatic nitrogens is 1. The van der Waals surface area contributed by atoms with Crippen LogP contribution in [0.5, 0.6) is 0 Å². The molecule has 0 radical (unpaired) electrons. The van der Waals surface area contributed by atoms with Crippen molar-refractivity contribution in [3.8, 4) is 0 Å². The van der Waals surface area contributed by atoms with Crippen molar-refractivity contribution in [1.82, 2.24) is 10.3 Å². The average molecular weight is 218 g/mol. The Morgan fingerprint density at radius 2 is 1.94 bits per heavy atom. The van der Waals surface area contributed by atoms with E-state index in [1.807, 2.05) is 0 Å². The van der Waals surface area contributed by atoms with Gasteiger partial charge in [-0.15, -0.1) is 0 Å². The first-order chi connectivity index (χ1) is 7.74. The van der Waals surface area contributed by atoms with E-state index in [0.29, 0.717) is 6.04 Å². The van der Waals surface area contributed by atoms with Gasteiger partial charge in [-0.05, 0) is 57.4 Å². The van der Waals surface area contributed by atoms with E-state index in [-0.39, 0.29) is 0 Å². The minimum absolute atomic E-state index is 0.670. The summed E-state index contributed by atoms with van der Waals surface area (Å²) in [4.78, 5) is 4.43. The van der Waals surface area contributed by atoms with Gasteiger partial charge in [-0.25, -0.2) is 0 Å². The molecule has 0 amide bonds. The molecule has 0 bridgehead atoms. The largest absolute Gasteiger partial charge is 0.314 e. The van der Waals surface area contributed by atoms with Gasteiger partial charge < -0.3 is 5.32 Å². The van der Waals surface area contributed by atoms with Crippen LogP contribution in [0.4, 0.5) is 0 Å². The highest BCUT2D eigenvalue weighted by atomic mass is 14.9. The van der Waals surface area contributed by atoms with E-state index in [1.54, 1.807) is 0 Å². The van der Waals surface area contributed by atoms with Crippen LogP contribution in [0.15, 0.2) is 12.1 Å². The second-order valence-electron chi connectivity index (χ2n) is 4.96. The van der Waals surface area contributed by atoms with Gasteiger partial charge in [0.15, 0.2) is 0 Å². The third-order valence-electron chi connectivity index (χ3n) is 3.29. The molecule has 0 saturated carbocycles. The van der Waals surface area contributed by atoms with Gasteiger partial charge in [-0.3, -0.25) is 4.98 Å². The van der Waals surface area contributed by atoms with Crippen molar-refractivity contribution in [2.45, 2.75) is 52.0 Å². The minimum atomic E-state index is 0.670. The fraction of sp³-hybridized carbons (Fsp3) is 0.643. The van der Waals surface area contributed by atoms with Gasteiger partial charge in [-0.2, -0.15) is 0 Å². The molecule has 2 rings (SSSR count). The lowest BCUT2D eigenvalue weighted by molar-refractivity contribution is 0.507. The monoisotopic (exact) mass is 218 g/mol. The molecule has 0 spiro atoms. The first-order valence-corrected chi connectivity index (χ1v) is 6.41. The van der Waals surface area contributed by atoms with Crippen LogP contribution in [-0.4, -0.2) is 17.6 Å². The molecule has 1 aromatic rings. The summed E-state index contributed by atoms with van der Waals surface area (Å²) >= 11 is 0. The van der Waals surface area contributed by atoms with Gasteiger partial charge in [0.1, 0.15) is 0 Å². The molecule has 16 heavy (non-hydrogen) atoms. The molecule has 1 aliphatic rings. The maximum atomic E-state index is 4.43. The molecule has 2 heterocycles. The zero-order valence-electron chi connectivity index (χ0n) is 10.4. The van der Waals surface area contributed by atoms with E-state index in [9.17, 15) is 0 Å². The van der Waals surface area contributed by atoms with Crippen LogP contribution in [0.25, 0.3) is 0 Å². The molecule has 88 valence electrons. The Labute approximate surface area is 98.5 Å². The summed E-state index contributed by atoms with van der Waals surface area (Å²) in [6, 6.07) is 5.11. The standard InChI is InChI=1S/C14H22N2/c1-11-8-13(9-12(2)16-11)10-14-6-4-3-5-7-15-14/h8-9,14-15H,3-7,10H2,1-2H3/t14-/m0/s1. The van der Waals surface area contributed by atoms with E-state index < -0.39 is 0 Å². The molecule has 0 unspecified atom stereocenters. The quantitative estimate of drug-likeness (QED) is 0.825. The maximum Gasteiger partial charge on any atom is 0.0378 e. The van der Waals surface area contributed by atoms with Gasteiger partial charge in [0.2, 0.25) is 0 Å². The van der Waals surface area contributed by atoms with Crippen molar-refractivity contribution in [2.75, 3.05) is 6.54 Å². The smallest absolute Gasteiger partial charge is 0.0378 e. The topological polar surface area (TPSA) is 24.9 Å². The van der Waals surface area contributed by atoms with E-state index in [0.717, 1.165) is 17.8 Å². The molecule has 2 heteroatoms. The van der Waals surface area contributed by atoms with E-state index in [2.05, 4.69) is 36.3 Å². The molecule has 0 aliphatic carbocycles. The van der Waals surface area contributed by atoms with Gasteiger partial charge >= 0.3 is 0 Å². The number of aryl methyl sites for hydroxylation is 2. The number of rotatable bonds is 2. The highest BCUT2D eigenvalue weighted by Gasteiger charge is 2.12. The van der Waals surface area contributed by atoms with Gasteiger partial charge in [0.25, 0.3) is 0 Å². The Bertz CT molecular complexity index is 318. The highest BCUT2D eigenvalue weighted by molar-refractivity contribution is 5.21. The van der Waals surface area contributed by atoms with Crippen LogP contribution in [0.1, 0.15) is 42.6 Å². The second kappa shape index (κ2) is 5.44. The molecule has 1 saturated heterocycles. The summed E-state index contributed by atoms with van der Waals surface area (Å²) in [5.74, 6) is 0. The molecule has 1 aromatic heterocycles. The van der Waals surface area contributed by atoms with Crippen molar-refractivity contribution in [3.63, 3.8) is 0 Å². The average Bonchev–Trinajstić information content (AvgIpc) is 2.44. The minimum Gasteiger partial charge on any atom is -0.314 e. The summed E-state index contributed by atoms with van der Waals surface area (Å²) in [5.41, 5.74) is 3.72. The predicted octanol–water partition coefficient (Wildman–Crippen LogP) is 2.77. The molecule has 1 fully saturated rings. The van der Waals surface area contributed by atoms with Crippen LogP contribution in [-0.2, 0) is 6.42 Å². The number of pyridine rings is 1. The summed E-state index contributed by atoms with van der Waals surface area (Å²) in [6.45, 7) is 5.35. The summed E-state index contributed by atoms with van der Waals surface area (Å²) in [7, 11) is 0. The van der Waals surface area contributed by atoms with Crippen LogP contribution in [0.3, 0.4) is 0 Å². The highest BCUT2D eigenvalue weighted by Crippen LogP contribution is 2.14. The first-order valence-electron chi connectivity index (χ1n) is 6.41. The van der Waals surface area contributed by atoms with Gasteiger partial charge in [-0.1, -0.05) is 12.8 Å². The Balaban J connectivity index is 2.01. The third kappa shape index (κ3) is 3.31. The van der Waals surface area contributed by atoms with Crippen molar-refractivity contribution < 1.29 is 0 Å². The molecule has 1 N–H and O–H groups in total. The third-order valence-corrected chi connectivity index (χ3v) is 3.29. The number of nitrogens with one attached hydrogen (secondary N) is 1. The van der Waals surface area contributed by atoms with Gasteiger partial charge in [0.05, 0.1) is 0 Å². The van der Waals surface area contributed by atoms with Crippen molar-refractivity contribution in [2.24, 2.45) is 0 Å². The Morgan fingerprint density at radius 1 is 1.19 bits per heavy atom. The number of hydrogen-bond donors (Lipinski definition) is 1. The number of nitrogens with zero attached hydrogens (tertiary/aromatic N) is 1. The normalized spacial score (nSPS) is 21.8. The van der Waals surface area contributed by atoms with Crippen molar-refractivity contribution in [1.29, 1.82) is 0 Å². The summed E-state index contributed by atoms with van der Waals surface area (Å²) < 4.78 is 0. The lowest BCUT2D eigenvalue weighted by atomic mass is 10.0. The van der Waals surface area contributed by atoms with Crippen LogP contribution in [0.2, 0.25) is 0 Å². The molecular formula is C14H22N2. The van der Waals surface area contributed by atoms with Crippen molar-refractivity contribution in [3.05, 3.63) is 29.1 Å². The fourth-order valence-corrected chi connectivity index (χ4v) is 2.60. The summed E-state index contributed by atoms with van der Waals surface area (Å²) in [5, 5.41) is 3.65. The zero-order valence-corrected chi connectivity index (χ0v) is 10.4. The lowest BCUT2D eigenvalue weighted by Gasteiger charge is -2.16. The van der Waals surface area contributed by atoms with Crippen LogP contribution in [0, 0.1) is 13.8 Å². The Morgan fingerprint density at radius 3 is 2.69 bits per heavy atom. The zero-order chi connectivity index (χ0) is 11.4. The van der Waals surface area contributed by atoms with Crippen LogP contribution >= 0.6 is 0 Å². The molecule has 0 aromatic carbocycles. The lowest BCUT2D eigenvalue weighted by Crippen LogP contribution is -2.30. The van der Waals surface area contributed by atoms with E-state index >= 15 is 0 Å². The Hall–Kier alpha value is -0.890. The van der Waals surface area contributed by atoms with Crippen molar-refractivity contribution >= 4 is 0 Å². The molecule has 1 atom stereocenters. The van der Waals surface area contributed by atoms with Gasteiger partial charge in [0, 0.05) is 17.4 Å². The Kier molecular flexibility index (Phi) is 3.94.